The van der Waals surface area contributed by atoms with Gasteiger partial charge in [0.15, 0.2) is 0 Å². The van der Waals surface area contributed by atoms with Gasteiger partial charge in [-0.1, -0.05) is 0 Å². The Hall–Kier alpha value is -3.21. The number of nitrogens with one attached hydrogen (secondary N) is 1. The maximum Gasteiger partial charge on any atom is 0.407 e. The van der Waals surface area contributed by atoms with Crippen molar-refractivity contribution in [3.63, 3.8) is 0 Å². The molecule has 2 aromatic rings. The van der Waals surface area contributed by atoms with Crippen LogP contribution in [0.25, 0.3) is 0 Å². The maximum absolute atomic E-state index is 13.8. The summed E-state index contributed by atoms with van der Waals surface area (Å²) < 4.78 is 1.66. The van der Waals surface area contributed by atoms with E-state index in [4.69, 9.17) is 0 Å². The highest BCUT2D eigenvalue weighted by molar-refractivity contribution is 6.00. The number of hydrogen-bond acceptors (Lipinski definition) is 7. The summed E-state index contributed by atoms with van der Waals surface area (Å²) in [7, 11) is 0. The van der Waals surface area contributed by atoms with Gasteiger partial charge in [0.25, 0.3) is 0 Å². The second-order valence-corrected chi connectivity index (χ2v) is 11.2. The highest BCUT2D eigenvalue weighted by atomic mass is 16.4. The quantitative estimate of drug-likeness (QED) is 0.519. The first-order valence-corrected chi connectivity index (χ1v) is 12.0. The number of amides is 2. The van der Waals surface area contributed by atoms with Gasteiger partial charge in [0.1, 0.15) is 5.82 Å². The smallest absolute Gasteiger partial charge is 0.407 e. The lowest BCUT2D eigenvalue weighted by molar-refractivity contribution is -0.128. The number of carboxylic acid groups (broad SMARTS) is 1. The van der Waals surface area contributed by atoms with E-state index in [1.165, 1.54) is 4.90 Å². The predicted molar refractivity (Wildman–Crippen MR) is 131 cm³/mol. The van der Waals surface area contributed by atoms with Crippen LogP contribution in [0.2, 0.25) is 0 Å². The Morgan fingerprint density at radius 3 is 2.60 bits per heavy atom. The molecule has 35 heavy (non-hydrogen) atoms. The molecule has 2 aliphatic rings. The number of nitrogens with zero attached hydrogens (tertiary/aromatic N) is 6. The van der Waals surface area contributed by atoms with E-state index < -0.39 is 22.6 Å². The molecular formula is C24H35N7O4. The lowest BCUT2D eigenvalue weighted by Gasteiger charge is -2.40. The van der Waals surface area contributed by atoms with Gasteiger partial charge in [-0.15, -0.1) is 0 Å². The molecule has 0 spiro atoms. The molecule has 3 heterocycles. The zero-order valence-corrected chi connectivity index (χ0v) is 21.0. The van der Waals surface area contributed by atoms with E-state index >= 15 is 0 Å². The fourth-order valence-corrected chi connectivity index (χ4v) is 4.65. The number of aliphatic hydroxyl groups excluding tert-OH is 1. The van der Waals surface area contributed by atoms with Crippen LogP contribution in [0.15, 0.2) is 24.7 Å². The normalized spacial score (nSPS) is 20.9. The Kier molecular flexibility index (Phi) is 6.25. The van der Waals surface area contributed by atoms with E-state index in [2.05, 4.69) is 20.4 Å². The third-order valence-corrected chi connectivity index (χ3v) is 7.06. The van der Waals surface area contributed by atoms with Gasteiger partial charge in [-0.25, -0.2) is 9.78 Å². The molecular weight excluding hydrogens is 450 g/mol. The van der Waals surface area contributed by atoms with Gasteiger partial charge in [0.2, 0.25) is 11.9 Å². The molecule has 1 aliphatic heterocycles. The van der Waals surface area contributed by atoms with Gasteiger partial charge in [-0.2, -0.15) is 10.1 Å². The molecule has 1 aliphatic carbocycles. The molecule has 0 aromatic carbocycles. The summed E-state index contributed by atoms with van der Waals surface area (Å²) in [5.74, 6) is 0.917. The molecule has 4 rings (SSSR count). The van der Waals surface area contributed by atoms with Crippen molar-refractivity contribution >= 4 is 29.5 Å². The van der Waals surface area contributed by atoms with Crippen LogP contribution in [-0.2, 0) is 10.3 Å². The maximum atomic E-state index is 13.8. The van der Waals surface area contributed by atoms with Crippen LogP contribution in [0.4, 0.5) is 22.2 Å². The van der Waals surface area contributed by atoms with Gasteiger partial charge in [-0.05, 0) is 65.9 Å². The first-order valence-electron chi connectivity index (χ1n) is 12.0. The zero-order chi connectivity index (χ0) is 25.6. The highest BCUT2D eigenvalue weighted by Gasteiger charge is 2.58. The molecule has 190 valence electrons. The SMILES string of the molecule is CC(C)(C)N(C[C@]1(C2CC2)CCN(c2ccnc(Nc3cnn(C(C)(C)CO)c3)n2)C1=O)C(=O)O. The van der Waals surface area contributed by atoms with E-state index in [1.54, 1.807) is 34.2 Å². The van der Waals surface area contributed by atoms with Crippen LogP contribution < -0.4 is 10.2 Å². The average Bonchev–Trinajstić information content (AvgIpc) is 3.44. The fraction of sp³-hybridized carbons (Fsp3) is 0.625. The lowest BCUT2D eigenvalue weighted by Crippen LogP contribution is -2.53. The highest BCUT2D eigenvalue weighted by Crippen LogP contribution is 2.53. The van der Waals surface area contributed by atoms with Crippen molar-refractivity contribution in [1.29, 1.82) is 0 Å². The molecule has 2 amide bonds. The van der Waals surface area contributed by atoms with Crippen molar-refractivity contribution in [2.24, 2.45) is 11.3 Å². The van der Waals surface area contributed by atoms with Crippen molar-refractivity contribution in [1.82, 2.24) is 24.6 Å². The van der Waals surface area contributed by atoms with Crippen molar-refractivity contribution < 1.29 is 19.8 Å². The summed E-state index contributed by atoms with van der Waals surface area (Å²) >= 11 is 0. The van der Waals surface area contributed by atoms with E-state index in [0.717, 1.165) is 12.8 Å². The third kappa shape index (κ3) is 4.82. The minimum atomic E-state index is -1.01. The van der Waals surface area contributed by atoms with E-state index in [9.17, 15) is 19.8 Å². The summed E-state index contributed by atoms with van der Waals surface area (Å²) in [6.07, 6.45) is 6.42. The Bertz CT molecular complexity index is 1110. The van der Waals surface area contributed by atoms with Crippen molar-refractivity contribution in [2.45, 2.75) is 65.0 Å². The number of rotatable bonds is 8. The van der Waals surface area contributed by atoms with Gasteiger partial charge < -0.3 is 20.4 Å². The summed E-state index contributed by atoms with van der Waals surface area (Å²) in [4.78, 5) is 37.7. The molecule has 1 atom stereocenters. The van der Waals surface area contributed by atoms with E-state index in [0.29, 0.717) is 30.4 Å². The molecule has 0 bridgehead atoms. The Morgan fingerprint density at radius 1 is 1.29 bits per heavy atom. The van der Waals surface area contributed by atoms with Crippen molar-refractivity contribution in [2.75, 3.05) is 29.9 Å². The molecule has 2 aromatic heterocycles. The number of hydrogen-bond donors (Lipinski definition) is 3. The van der Waals surface area contributed by atoms with Crippen LogP contribution in [0, 0.1) is 11.3 Å². The van der Waals surface area contributed by atoms with Crippen LogP contribution in [-0.4, -0.2) is 72.1 Å². The van der Waals surface area contributed by atoms with Gasteiger partial charge >= 0.3 is 6.09 Å². The largest absolute Gasteiger partial charge is 0.465 e. The Labute approximate surface area is 205 Å². The van der Waals surface area contributed by atoms with Gasteiger partial charge in [0, 0.05) is 31.0 Å². The zero-order valence-electron chi connectivity index (χ0n) is 21.0. The first kappa shape index (κ1) is 24.9. The second kappa shape index (κ2) is 8.78. The second-order valence-electron chi connectivity index (χ2n) is 11.2. The lowest BCUT2D eigenvalue weighted by atomic mass is 9.79. The van der Waals surface area contributed by atoms with Crippen LogP contribution >= 0.6 is 0 Å². The van der Waals surface area contributed by atoms with Crippen LogP contribution in [0.3, 0.4) is 0 Å². The standard InChI is InChI=1S/C24H35N7O4/c1-22(2,3)30(21(34)35)14-24(16-6-7-16)9-11-29(19(24)33)18-8-10-25-20(28-18)27-17-12-26-31(13-17)23(4,5)15-32/h8,10,12-13,16,32H,6-7,9,11,14-15H2,1-5H3,(H,34,35)(H,25,27,28)/t24-/m0/s1. The fourth-order valence-electron chi connectivity index (χ4n) is 4.65. The van der Waals surface area contributed by atoms with Gasteiger partial charge in [0.05, 0.1) is 29.4 Å². The molecule has 0 radical (unpaired) electrons. The number of aliphatic hydroxyl groups is 1. The minimum absolute atomic E-state index is 0.0611. The minimum Gasteiger partial charge on any atom is -0.465 e. The molecule has 0 unspecified atom stereocenters. The number of carbonyl (C=O) groups excluding carboxylic acids is 1. The Balaban J connectivity index is 1.55. The van der Waals surface area contributed by atoms with E-state index in [1.807, 2.05) is 34.6 Å². The topological polar surface area (TPSA) is 137 Å². The molecule has 1 saturated carbocycles. The van der Waals surface area contributed by atoms with Crippen molar-refractivity contribution in [3.05, 3.63) is 24.7 Å². The molecule has 1 saturated heterocycles. The summed E-state index contributed by atoms with van der Waals surface area (Å²) in [5.41, 5.74) is -1.23. The summed E-state index contributed by atoms with van der Waals surface area (Å²) in [5, 5.41) is 26.8. The third-order valence-electron chi connectivity index (χ3n) is 7.06. The molecule has 3 N–H and O–H groups in total. The van der Waals surface area contributed by atoms with E-state index in [-0.39, 0.29) is 25.0 Å². The van der Waals surface area contributed by atoms with Crippen LogP contribution in [0.5, 0.6) is 0 Å². The monoisotopic (exact) mass is 485 g/mol. The van der Waals surface area contributed by atoms with Crippen molar-refractivity contribution in [3.8, 4) is 0 Å². The summed E-state index contributed by atoms with van der Waals surface area (Å²) in [6, 6.07) is 1.70. The Morgan fingerprint density at radius 2 is 2.00 bits per heavy atom. The number of carbonyl (C=O) groups is 2. The summed E-state index contributed by atoms with van der Waals surface area (Å²) in [6.45, 7) is 9.90. The van der Waals surface area contributed by atoms with Gasteiger partial charge in [-0.3, -0.25) is 14.4 Å². The number of aromatic nitrogens is 4. The first-order chi connectivity index (χ1) is 16.4. The predicted octanol–water partition coefficient (Wildman–Crippen LogP) is 3.06. The average molecular weight is 486 g/mol. The number of anilines is 3. The molecule has 11 heteroatoms. The molecule has 2 fully saturated rings. The molecule has 11 nitrogen and oxygen atoms in total. The van der Waals surface area contributed by atoms with Crippen LogP contribution in [0.1, 0.15) is 53.9 Å².